The van der Waals surface area contributed by atoms with Crippen molar-refractivity contribution in [1.29, 1.82) is 5.26 Å². The largest absolute Gasteiger partial charge is 0.434 e. The smallest absolute Gasteiger partial charge is 0.256 e. The SMILES string of the molecule is Cc1ccc(Oc2nccnc2C#N)c(N)c1. The first-order chi connectivity index (χ1) is 8.20. The van der Waals surface area contributed by atoms with Crippen LogP contribution in [0.15, 0.2) is 30.6 Å². The van der Waals surface area contributed by atoms with Gasteiger partial charge in [-0.25, -0.2) is 9.97 Å². The molecule has 0 atom stereocenters. The zero-order valence-electron chi connectivity index (χ0n) is 9.21. The Labute approximate surface area is 98.5 Å². The lowest BCUT2D eigenvalue weighted by molar-refractivity contribution is 0.460. The summed E-state index contributed by atoms with van der Waals surface area (Å²) in [6.07, 6.45) is 2.89. The minimum Gasteiger partial charge on any atom is -0.434 e. The number of nitrogen functional groups attached to an aromatic ring is 1. The Morgan fingerprint density at radius 1 is 1.29 bits per heavy atom. The fraction of sp³-hybridized carbons (Fsp3) is 0.0833. The third-order valence-electron chi connectivity index (χ3n) is 2.14. The molecule has 1 heterocycles. The van der Waals surface area contributed by atoms with Gasteiger partial charge in [0.05, 0.1) is 5.69 Å². The molecule has 1 aromatic heterocycles. The molecular weight excluding hydrogens is 216 g/mol. The van der Waals surface area contributed by atoms with Gasteiger partial charge in [-0.05, 0) is 24.6 Å². The van der Waals surface area contributed by atoms with Crippen molar-refractivity contribution >= 4 is 5.69 Å². The summed E-state index contributed by atoms with van der Waals surface area (Å²) in [6.45, 7) is 1.93. The number of aryl methyl sites for hydroxylation is 1. The summed E-state index contributed by atoms with van der Waals surface area (Å²) in [7, 11) is 0. The van der Waals surface area contributed by atoms with Gasteiger partial charge in [0.15, 0.2) is 5.75 Å². The molecule has 17 heavy (non-hydrogen) atoms. The Kier molecular flexibility index (Phi) is 2.88. The van der Waals surface area contributed by atoms with Crippen LogP contribution in [-0.4, -0.2) is 9.97 Å². The molecule has 0 aliphatic heterocycles. The summed E-state index contributed by atoms with van der Waals surface area (Å²) in [5.41, 5.74) is 7.47. The number of hydrogen-bond acceptors (Lipinski definition) is 5. The number of benzene rings is 1. The average molecular weight is 226 g/mol. The van der Waals surface area contributed by atoms with E-state index in [0.717, 1.165) is 5.56 Å². The molecule has 2 aromatic rings. The molecule has 1 aromatic carbocycles. The molecule has 0 bridgehead atoms. The second kappa shape index (κ2) is 4.49. The average Bonchev–Trinajstić information content (AvgIpc) is 2.33. The Hall–Kier alpha value is -2.61. The third kappa shape index (κ3) is 2.32. The van der Waals surface area contributed by atoms with Crippen LogP contribution in [0.3, 0.4) is 0 Å². The van der Waals surface area contributed by atoms with Gasteiger partial charge >= 0.3 is 0 Å². The van der Waals surface area contributed by atoms with Gasteiger partial charge in [0.1, 0.15) is 6.07 Å². The number of aromatic nitrogens is 2. The first-order valence-corrected chi connectivity index (χ1v) is 4.96. The zero-order valence-corrected chi connectivity index (χ0v) is 9.21. The van der Waals surface area contributed by atoms with Crippen LogP contribution in [0.4, 0.5) is 5.69 Å². The molecule has 0 radical (unpaired) electrons. The first kappa shape index (κ1) is 10.9. The molecule has 0 spiro atoms. The van der Waals surface area contributed by atoms with Crippen molar-refractivity contribution in [3.63, 3.8) is 0 Å². The van der Waals surface area contributed by atoms with Gasteiger partial charge in [-0.15, -0.1) is 0 Å². The number of anilines is 1. The number of hydrogen-bond donors (Lipinski definition) is 1. The molecule has 2 N–H and O–H groups in total. The number of nitrogens with zero attached hydrogens (tertiary/aromatic N) is 3. The van der Waals surface area contributed by atoms with E-state index in [-0.39, 0.29) is 11.6 Å². The topological polar surface area (TPSA) is 84.8 Å². The lowest BCUT2D eigenvalue weighted by Crippen LogP contribution is -1.97. The monoisotopic (exact) mass is 226 g/mol. The minimum atomic E-state index is 0.132. The third-order valence-corrected chi connectivity index (χ3v) is 2.14. The number of rotatable bonds is 2. The van der Waals surface area contributed by atoms with E-state index in [4.69, 9.17) is 15.7 Å². The van der Waals surface area contributed by atoms with E-state index in [0.29, 0.717) is 11.4 Å². The molecule has 0 saturated carbocycles. The van der Waals surface area contributed by atoms with E-state index in [1.165, 1.54) is 12.4 Å². The van der Waals surface area contributed by atoms with Crippen LogP contribution in [0, 0.1) is 18.3 Å². The van der Waals surface area contributed by atoms with Gasteiger partial charge in [-0.1, -0.05) is 6.07 Å². The van der Waals surface area contributed by atoms with Gasteiger partial charge in [-0.2, -0.15) is 5.26 Å². The fourth-order valence-electron chi connectivity index (χ4n) is 1.34. The van der Waals surface area contributed by atoms with Gasteiger partial charge in [0.2, 0.25) is 5.69 Å². The van der Waals surface area contributed by atoms with Crippen LogP contribution in [0.1, 0.15) is 11.3 Å². The summed E-state index contributed by atoms with van der Waals surface area (Å²) in [6, 6.07) is 7.30. The van der Waals surface area contributed by atoms with Crippen LogP contribution < -0.4 is 10.5 Å². The number of ether oxygens (including phenoxy) is 1. The minimum absolute atomic E-state index is 0.132. The molecular formula is C12H10N4O. The summed E-state index contributed by atoms with van der Waals surface area (Å²) in [5, 5.41) is 8.85. The van der Waals surface area contributed by atoms with Crippen LogP contribution >= 0.6 is 0 Å². The van der Waals surface area contributed by atoms with Gasteiger partial charge in [-0.3, -0.25) is 0 Å². The van der Waals surface area contributed by atoms with Crippen LogP contribution in [0.5, 0.6) is 11.6 Å². The number of nitriles is 1. The second-order valence-corrected chi connectivity index (χ2v) is 3.47. The molecule has 5 nitrogen and oxygen atoms in total. The maximum atomic E-state index is 8.85. The zero-order chi connectivity index (χ0) is 12.3. The predicted molar refractivity (Wildman–Crippen MR) is 62.4 cm³/mol. The van der Waals surface area contributed by atoms with E-state index >= 15 is 0 Å². The van der Waals surface area contributed by atoms with Crippen molar-refractivity contribution in [1.82, 2.24) is 9.97 Å². The molecule has 0 fully saturated rings. The van der Waals surface area contributed by atoms with Crippen molar-refractivity contribution < 1.29 is 4.74 Å². The quantitative estimate of drug-likeness (QED) is 0.792. The highest BCUT2D eigenvalue weighted by Crippen LogP contribution is 2.27. The molecule has 0 unspecified atom stereocenters. The van der Waals surface area contributed by atoms with Gasteiger partial charge in [0, 0.05) is 12.4 Å². The molecule has 5 heteroatoms. The molecule has 0 aliphatic carbocycles. The van der Waals surface area contributed by atoms with Crippen molar-refractivity contribution in [3.8, 4) is 17.7 Å². The van der Waals surface area contributed by atoms with E-state index in [2.05, 4.69) is 9.97 Å². The normalized spacial score (nSPS) is 9.65. The first-order valence-electron chi connectivity index (χ1n) is 4.96. The summed E-state index contributed by atoms with van der Waals surface area (Å²) in [4.78, 5) is 7.80. The van der Waals surface area contributed by atoms with Gasteiger partial charge < -0.3 is 10.5 Å². The highest BCUT2D eigenvalue weighted by Gasteiger charge is 2.08. The maximum absolute atomic E-state index is 8.85. The van der Waals surface area contributed by atoms with Crippen molar-refractivity contribution in [3.05, 3.63) is 41.9 Å². The van der Waals surface area contributed by atoms with Crippen LogP contribution in [0.25, 0.3) is 0 Å². The van der Waals surface area contributed by atoms with Gasteiger partial charge in [0.25, 0.3) is 5.88 Å². The van der Waals surface area contributed by atoms with Crippen molar-refractivity contribution in [2.45, 2.75) is 6.92 Å². The fourth-order valence-corrected chi connectivity index (χ4v) is 1.34. The number of nitrogens with two attached hydrogens (primary N) is 1. The molecule has 0 aliphatic rings. The highest BCUT2D eigenvalue weighted by molar-refractivity contribution is 5.55. The van der Waals surface area contributed by atoms with E-state index in [9.17, 15) is 0 Å². The van der Waals surface area contributed by atoms with Crippen LogP contribution in [-0.2, 0) is 0 Å². The van der Waals surface area contributed by atoms with E-state index < -0.39 is 0 Å². The van der Waals surface area contributed by atoms with Crippen molar-refractivity contribution in [2.24, 2.45) is 0 Å². The van der Waals surface area contributed by atoms with E-state index in [1.807, 2.05) is 19.1 Å². The standard InChI is InChI=1S/C12H10N4O/c1-8-2-3-11(9(14)6-8)17-12-10(7-13)15-4-5-16-12/h2-6H,14H2,1H3. The second-order valence-electron chi connectivity index (χ2n) is 3.47. The molecule has 0 saturated heterocycles. The lowest BCUT2D eigenvalue weighted by Gasteiger charge is -2.08. The Morgan fingerprint density at radius 3 is 2.76 bits per heavy atom. The highest BCUT2D eigenvalue weighted by atomic mass is 16.5. The summed E-state index contributed by atoms with van der Waals surface area (Å²) >= 11 is 0. The molecule has 0 amide bonds. The Morgan fingerprint density at radius 2 is 2.06 bits per heavy atom. The van der Waals surface area contributed by atoms with Crippen molar-refractivity contribution in [2.75, 3.05) is 5.73 Å². The van der Waals surface area contributed by atoms with E-state index in [1.54, 1.807) is 12.1 Å². The molecule has 84 valence electrons. The summed E-state index contributed by atoms with van der Waals surface area (Å²) in [5.74, 6) is 0.623. The predicted octanol–water partition coefficient (Wildman–Crippen LogP) is 2.03. The molecule has 2 rings (SSSR count). The maximum Gasteiger partial charge on any atom is 0.256 e. The Balaban J connectivity index is 2.35. The Bertz CT molecular complexity index is 589. The summed E-state index contributed by atoms with van der Waals surface area (Å²) < 4.78 is 5.47. The van der Waals surface area contributed by atoms with Crippen LogP contribution in [0.2, 0.25) is 0 Å². The lowest BCUT2D eigenvalue weighted by atomic mass is 10.2.